The monoisotopic (exact) mass is 260 g/mol. The number of hydrogen-bond acceptors (Lipinski definition) is 0. The molecular weight excluding hydrogens is 248 g/mol. The van der Waals surface area contributed by atoms with E-state index in [1.165, 1.54) is 11.1 Å². The summed E-state index contributed by atoms with van der Waals surface area (Å²) in [5.74, 6) is 0. The lowest BCUT2D eigenvalue weighted by Gasteiger charge is -1.92. The summed E-state index contributed by atoms with van der Waals surface area (Å²) in [7, 11) is 0. The van der Waals surface area contributed by atoms with Crippen LogP contribution in [0.1, 0.15) is 11.1 Å². The second kappa shape index (κ2) is 6.20. The van der Waals surface area contributed by atoms with Crippen molar-refractivity contribution in [3.63, 3.8) is 0 Å². The molecule has 15 heavy (non-hydrogen) atoms. The van der Waals surface area contributed by atoms with Crippen LogP contribution in [-0.4, -0.2) is 0 Å². The quantitative estimate of drug-likeness (QED) is 0.701. The highest BCUT2D eigenvalue weighted by Gasteiger charge is 1.84. The molecule has 2 aromatic rings. The standard InChI is InChI=1S/C14H12.BrH/c1-3-7-13(8-4-1)11-12-14-9-5-2-6-10-14;/h1-12H;1H. The van der Waals surface area contributed by atoms with Crippen molar-refractivity contribution in [2.75, 3.05) is 0 Å². The van der Waals surface area contributed by atoms with Crippen LogP contribution in [0.5, 0.6) is 0 Å². The molecular formula is C14H13Br. The fourth-order valence-corrected chi connectivity index (χ4v) is 1.32. The molecule has 2 rings (SSSR count). The molecule has 0 unspecified atom stereocenters. The maximum atomic E-state index is 2.12. The van der Waals surface area contributed by atoms with E-state index in [0.717, 1.165) is 0 Å². The van der Waals surface area contributed by atoms with Crippen LogP contribution in [0.2, 0.25) is 0 Å². The normalized spacial score (nSPS) is 9.87. The summed E-state index contributed by atoms with van der Waals surface area (Å²) in [6.07, 6.45) is 4.24. The number of hydrogen-bond donors (Lipinski definition) is 0. The number of benzene rings is 2. The van der Waals surface area contributed by atoms with Gasteiger partial charge in [0.25, 0.3) is 0 Å². The number of halogens is 1. The van der Waals surface area contributed by atoms with Crippen molar-refractivity contribution in [1.29, 1.82) is 0 Å². The first-order valence-corrected chi connectivity index (χ1v) is 4.73. The van der Waals surface area contributed by atoms with Gasteiger partial charge < -0.3 is 0 Å². The van der Waals surface area contributed by atoms with Crippen molar-refractivity contribution >= 4 is 29.1 Å². The van der Waals surface area contributed by atoms with E-state index in [2.05, 4.69) is 36.4 Å². The molecule has 0 heterocycles. The minimum absolute atomic E-state index is 0. The van der Waals surface area contributed by atoms with E-state index >= 15 is 0 Å². The van der Waals surface area contributed by atoms with Gasteiger partial charge in [0.15, 0.2) is 0 Å². The van der Waals surface area contributed by atoms with Gasteiger partial charge in [-0.15, -0.1) is 17.0 Å². The third kappa shape index (κ3) is 3.72. The van der Waals surface area contributed by atoms with Crippen LogP contribution in [0.3, 0.4) is 0 Å². The molecule has 0 radical (unpaired) electrons. The van der Waals surface area contributed by atoms with Crippen molar-refractivity contribution in [2.45, 2.75) is 0 Å². The second-order valence-electron chi connectivity index (χ2n) is 3.15. The van der Waals surface area contributed by atoms with Crippen LogP contribution < -0.4 is 0 Å². The first kappa shape index (κ1) is 11.7. The Kier molecular flexibility index (Phi) is 4.85. The molecule has 0 N–H and O–H groups in total. The Labute approximate surface area is 101 Å². The molecule has 2 aromatic carbocycles. The summed E-state index contributed by atoms with van der Waals surface area (Å²) >= 11 is 0. The molecule has 0 bridgehead atoms. The molecule has 0 aliphatic rings. The topological polar surface area (TPSA) is 0 Å². The van der Waals surface area contributed by atoms with E-state index in [-0.39, 0.29) is 17.0 Å². The van der Waals surface area contributed by atoms with Gasteiger partial charge in [-0.1, -0.05) is 72.8 Å². The first-order chi connectivity index (χ1) is 6.95. The Hall–Kier alpha value is -1.34. The Morgan fingerprint density at radius 1 is 0.533 bits per heavy atom. The number of rotatable bonds is 2. The lowest BCUT2D eigenvalue weighted by molar-refractivity contribution is 1.65. The minimum atomic E-state index is 0. The van der Waals surface area contributed by atoms with Crippen molar-refractivity contribution in [3.05, 3.63) is 71.8 Å². The van der Waals surface area contributed by atoms with Crippen LogP contribution in [0.25, 0.3) is 12.2 Å². The third-order valence-electron chi connectivity index (χ3n) is 2.07. The lowest BCUT2D eigenvalue weighted by Crippen LogP contribution is -1.70. The van der Waals surface area contributed by atoms with Gasteiger partial charge in [0.05, 0.1) is 0 Å². The maximum Gasteiger partial charge on any atom is -0.0256 e. The Bertz CT molecular complexity index is 362. The molecule has 0 saturated heterocycles. The van der Waals surface area contributed by atoms with Crippen LogP contribution >= 0.6 is 17.0 Å². The highest BCUT2D eigenvalue weighted by atomic mass is 79.9. The molecule has 1 heteroatoms. The summed E-state index contributed by atoms with van der Waals surface area (Å²) < 4.78 is 0. The maximum absolute atomic E-state index is 2.12. The molecule has 0 nitrogen and oxygen atoms in total. The molecule has 0 amide bonds. The van der Waals surface area contributed by atoms with Crippen molar-refractivity contribution in [3.8, 4) is 0 Å². The summed E-state index contributed by atoms with van der Waals surface area (Å²) in [5.41, 5.74) is 2.47. The van der Waals surface area contributed by atoms with E-state index in [0.29, 0.717) is 0 Å². The van der Waals surface area contributed by atoms with Gasteiger partial charge in [0, 0.05) is 0 Å². The van der Waals surface area contributed by atoms with Crippen molar-refractivity contribution in [1.82, 2.24) is 0 Å². The van der Waals surface area contributed by atoms with Gasteiger partial charge in [0.1, 0.15) is 0 Å². The highest BCUT2D eigenvalue weighted by molar-refractivity contribution is 8.93. The molecule has 0 spiro atoms. The largest absolute Gasteiger partial charge is 0.114 e. The average molecular weight is 261 g/mol. The predicted octanol–water partition coefficient (Wildman–Crippen LogP) is 4.43. The predicted molar refractivity (Wildman–Crippen MR) is 72.1 cm³/mol. The van der Waals surface area contributed by atoms with Gasteiger partial charge in [0.2, 0.25) is 0 Å². The summed E-state index contributed by atoms with van der Waals surface area (Å²) in [6, 6.07) is 20.6. The van der Waals surface area contributed by atoms with Gasteiger partial charge in [-0.25, -0.2) is 0 Å². The SMILES string of the molecule is Br.C(=Cc1ccccc1)c1ccccc1. The van der Waals surface area contributed by atoms with E-state index in [1.807, 2.05) is 36.4 Å². The highest BCUT2D eigenvalue weighted by Crippen LogP contribution is 2.06. The molecule has 0 atom stereocenters. The zero-order valence-corrected chi connectivity index (χ0v) is 10.0. The third-order valence-corrected chi connectivity index (χ3v) is 2.07. The van der Waals surface area contributed by atoms with Crippen molar-refractivity contribution < 1.29 is 0 Å². The molecule has 0 aliphatic heterocycles. The summed E-state index contributed by atoms with van der Waals surface area (Å²) in [6.45, 7) is 0. The summed E-state index contributed by atoms with van der Waals surface area (Å²) in [4.78, 5) is 0. The van der Waals surface area contributed by atoms with Crippen LogP contribution in [0.15, 0.2) is 60.7 Å². The molecule has 0 aliphatic carbocycles. The van der Waals surface area contributed by atoms with Gasteiger partial charge in [-0.2, -0.15) is 0 Å². The molecule has 0 aromatic heterocycles. The molecule has 0 saturated carbocycles. The van der Waals surface area contributed by atoms with Crippen LogP contribution in [-0.2, 0) is 0 Å². The molecule has 0 fully saturated rings. The van der Waals surface area contributed by atoms with Crippen LogP contribution in [0, 0.1) is 0 Å². The minimum Gasteiger partial charge on any atom is -0.114 e. The lowest BCUT2D eigenvalue weighted by atomic mass is 10.1. The van der Waals surface area contributed by atoms with Gasteiger partial charge >= 0.3 is 0 Å². The fourth-order valence-electron chi connectivity index (χ4n) is 1.32. The Balaban J connectivity index is 0.00000112. The smallest absolute Gasteiger partial charge is 0.0256 e. The van der Waals surface area contributed by atoms with E-state index in [4.69, 9.17) is 0 Å². The first-order valence-electron chi connectivity index (χ1n) is 4.73. The average Bonchev–Trinajstić information content (AvgIpc) is 2.29. The molecule has 76 valence electrons. The van der Waals surface area contributed by atoms with Crippen LogP contribution in [0.4, 0.5) is 0 Å². The van der Waals surface area contributed by atoms with Crippen molar-refractivity contribution in [2.24, 2.45) is 0 Å². The van der Waals surface area contributed by atoms with E-state index < -0.39 is 0 Å². The summed E-state index contributed by atoms with van der Waals surface area (Å²) in [5, 5.41) is 0. The second-order valence-corrected chi connectivity index (χ2v) is 3.15. The zero-order valence-electron chi connectivity index (χ0n) is 8.34. The van der Waals surface area contributed by atoms with Gasteiger partial charge in [-0.05, 0) is 11.1 Å². The van der Waals surface area contributed by atoms with E-state index in [9.17, 15) is 0 Å². The van der Waals surface area contributed by atoms with Gasteiger partial charge in [-0.3, -0.25) is 0 Å². The van der Waals surface area contributed by atoms with E-state index in [1.54, 1.807) is 0 Å². The zero-order chi connectivity index (χ0) is 9.64. The Morgan fingerprint density at radius 2 is 0.867 bits per heavy atom. The Morgan fingerprint density at radius 3 is 1.20 bits per heavy atom. The fraction of sp³-hybridized carbons (Fsp3) is 0.